The van der Waals surface area contributed by atoms with Crippen molar-refractivity contribution in [3.63, 3.8) is 0 Å². The fourth-order valence-electron chi connectivity index (χ4n) is 2.56. The van der Waals surface area contributed by atoms with E-state index in [0.29, 0.717) is 5.69 Å². The average Bonchev–Trinajstić information content (AvgIpc) is 2.74. The normalized spacial score (nSPS) is 11.3. The first kappa shape index (κ1) is 21.4. The Hall–Kier alpha value is -3.29. The van der Waals surface area contributed by atoms with E-state index in [2.05, 4.69) is 10.0 Å². The van der Waals surface area contributed by atoms with E-state index in [1.54, 1.807) is 61.7 Å². The monoisotopic (exact) mass is 442 g/mol. The zero-order valence-corrected chi connectivity index (χ0v) is 17.6. The number of para-hydroxylation sites is 1. The Kier molecular flexibility index (Phi) is 6.76. The summed E-state index contributed by atoms with van der Waals surface area (Å²) in [5.74, 6) is 0.333. The van der Waals surface area contributed by atoms with E-state index in [9.17, 15) is 13.2 Å². The SMILES string of the molecule is COc1ccc(/C=C/C(=O)Nc2cccc(S(=O)(=O)Nc3ccccc3Cl)c2)cc1. The van der Waals surface area contributed by atoms with Crippen molar-refractivity contribution < 1.29 is 17.9 Å². The van der Waals surface area contributed by atoms with Crippen LogP contribution in [-0.2, 0) is 14.8 Å². The lowest BCUT2D eigenvalue weighted by atomic mass is 10.2. The highest BCUT2D eigenvalue weighted by atomic mass is 35.5. The molecule has 2 N–H and O–H groups in total. The van der Waals surface area contributed by atoms with Gasteiger partial charge in [-0.2, -0.15) is 0 Å². The molecule has 0 unspecified atom stereocenters. The zero-order valence-electron chi connectivity index (χ0n) is 16.0. The maximum atomic E-state index is 12.6. The lowest BCUT2D eigenvalue weighted by Gasteiger charge is -2.11. The summed E-state index contributed by atoms with van der Waals surface area (Å²) in [6, 6.07) is 19.7. The van der Waals surface area contributed by atoms with Crippen LogP contribution in [0.25, 0.3) is 6.08 Å². The Labute approximate surface area is 180 Å². The highest BCUT2D eigenvalue weighted by Gasteiger charge is 2.16. The minimum absolute atomic E-state index is 0.000598. The third-order valence-electron chi connectivity index (χ3n) is 4.07. The number of benzene rings is 3. The van der Waals surface area contributed by atoms with Gasteiger partial charge in [-0.1, -0.05) is 41.9 Å². The van der Waals surface area contributed by atoms with Gasteiger partial charge in [-0.3, -0.25) is 9.52 Å². The van der Waals surface area contributed by atoms with Crippen LogP contribution in [0.3, 0.4) is 0 Å². The Balaban J connectivity index is 1.70. The number of anilines is 2. The van der Waals surface area contributed by atoms with Crippen molar-refractivity contribution in [2.45, 2.75) is 4.90 Å². The van der Waals surface area contributed by atoms with Crippen LogP contribution in [0.2, 0.25) is 5.02 Å². The number of carbonyl (C=O) groups is 1. The Morgan fingerprint density at radius 1 is 1.00 bits per heavy atom. The first-order valence-corrected chi connectivity index (χ1v) is 10.7. The third-order valence-corrected chi connectivity index (χ3v) is 5.77. The molecule has 6 nitrogen and oxygen atoms in total. The second-order valence-corrected chi connectivity index (χ2v) is 8.30. The molecule has 8 heteroatoms. The van der Waals surface area contributed by atoms with E-state index in [1.165, 1.54) is 18.2 Å². The van der Waals surface area contributed by atoms with Gasteiger partial charge in [0, 0.05) is 11.8 Å². The molecule has 0 saturated heterocycles. The van der Waals surface area contributed by atoms with Crippen molar-refractivity contribution in [3.8, 4) is 5.75 Å². The molecule has 30 heavy (non-hydrogen) atoms. The van der Waals surface area contributed by atoms with E-state index in [1.807, 2.05) is 12.1 Å². The van der Waals surface area contributed by atoms with Crippen LogP contribution in [0.1, 0.15) is 5.56 Å². The number of hydrogen-bond donors (Lipinski definition) is 2. The van der Waals surface area contributed by atoms with Crippen LogP contribution in [-0.4, -0.2) is 21.4 Å². The lowest BCUT2D eigenvalue weighted by molar-refractivity contribution is -0.111. The summed E-state index contributed by atoms with van der Waals surface area (Å²) in [5.41, 5.74) is 1.45. The Morgan fingerprint density at radius 3 is 2.43 bits per heavy atom. The number of nitrogens with one attached hydrogen (secondary N) is 2. The van der Waals surface area contributed by atoms with Crippen LogP contribution < -0.4 is 14.8 Å². The molecule has 0 saturated carbocycles. The van der Waals surface area contributed by atoms with Crippen molar-refractivity contribution >= 4 is 45.0 Å². The highest BCUT2D eigenvalue weighted by molar-refractivity contribution is 7.92. The molecule has 0 heterocycles. The van der Waals surface area contributed by atoms with Gasteiger partial charge < -0.3 is 10.1 Å². The van der Waals surface area contributed by atoms with Gasteiger partial charge in [-0.15, -0.1) is 0 Å². The van der Waals surface area contributed by atoms with Gasteiger partial charge in [0.05, 0.1) is 22.7 Å². The standard InChI is InChI=1S/C22H19ClN2O4S/c1-29-18-12-9-16(10-13-18)11-14-22(26)24-17-5-4-6-19(15-17)30(27,28)25-21-8-3-2-7-20(21)23/h2-15,25H,1H3,(H,24,26)/b14-11+. The molecule has 0 radical (unpaired) electrons. The van der Waals surface area contributed by atoms with Crippen LogP contribution in [0.5, 0.6) is 5.75 Å². The van der Waals surface area contributed by atoms with Crippen molar-refractivity contribution in [3.05, 3.63) is 89.5 Å². The lowest BCUT2D eigenvalue weighted by Crippen LogP contribution is -2.14. The molecule has 0 fully saturated rings. The highest BCUT2D eigenvalue weighted by Crippen LogP contribution is 2.25. The van der Waals surface area contributed by atoms with Crippen molar-refractivity contribution in [2.24, 2.45) is 0 Å². The molecule has 3 rings (SSSR count). The minimum atomic E-state index is -3.87. The number of rotatable bonds is 7. The first-order valence-electron chi connectivity index (χ1n) is 8.88. The minimum Gasteiger partial charge on any atom is -0.497 e. The van der Waals surface area contributed by atoms with Crippen molar-refractivity contribution in [1.29, 1.82) is 0 Å². The van der Waals surface area contributed by atoms with Gasteiger partial charge in [0.2, 0.25) is 5.91 Å². The number of carbonyl (C=O) groups excluding carboxylic acids is 1. The second kappa shape index (κ2) is 9.47. The quantitative estimate of drug-likeness (QED) is 0.514. The van der Waals surface area contributed by atoms with E-state index in [0.717, 1.165) is 11.3 Å². The molecule has 154 valence electrons. The number of hydrogen-bond acceptors (Lipinski definition) is 4. The number of sulfonamides is 1. The fraction of sp³-hybridized carbons (Fsp3) is 0.0455. The van der Waals surface area contributed by atoms with Crippen LogP contribution in [0, 0.1) is 0 Å². The summed E-state index contributed by atoms with van der Waals surface area (Å²) in [7, 11) is -2.29. The molecular weight excluding hydrogens is 424 g/mol. The topological polar surface area (TPSA) is 84.5 Å². The maximum Gasteiger partial charge on any atom is 0.262 e. The van der Waals surface area contributed by atoms with Crippen LogP contribution in [0.15, 0.2) is 83.8 Å². The van der Waals surface area contributed by atoms with Crippen LogP contribution >= 0.6 is 11.6 Å². The molecular formula is C22H19ClN2O4S. The maximum absolute atomic E-state index is 12.6. The predicted octanol–water partition coefficient (Wildman–Crippen LogP) is 4.80. The summed E-state index contributed by atoms with van der Waals surface area (Å²) in [6.07, 6.45) is 3.01. The van der Waals surface area contributed by atoms with Crippen molar-refractivity contribution in [2.75, 3.05) is 17.1 Å². The summed E-state index contributed by atoms with van der Waals surface area (Å²) in [6.45, 7) is 0. The number of ether oxygens (including phenoxy) is 1. The molecule has 0 aromatic heterocycles. The second-order valence-electron chi connectivity index (χ2n) is 6.21. The summed E-state index contributed by atoms with van der Waals surface area (Å²) < 4.78 is 32.8. The largest absolute Gasteiger partial charge is 0.497 e. The summed E-state index contributed by atoms with van der Waals surface area (Å²) in [4.78, 5) is 12.2. The number of methoxy groups -OCH3 is 1. The van der Waals surface area contributed by atoms with E-state index in [4.69, 9.17) is 16.3 Å². The van der Waals surface area contributed by atoms with E-state index >= 15 is 0 Å². The Morgan fingerprint density at radius 2 is 1.73 bits per heavy atom. The van der Waals surface area contributed by atoms with Crippen LogP contribution in [0.4, 0.5) is 11.4 Å². The molecule has 1 amide bonds. The molecule has 3 aromatic rings. The van der Waals surface area contributed by atoms with Gasteiger partial charge in [-0.05, 0) is 54.1 Å². The van der Waals surface area contributed by atoms with Gasteiger partial charge in [-0.25, -0.2) is 8.42 Å². The molecule has 3 aromatic carbocycles. The number of halogens is 1. The van der Waals surface area contributed by atoms with Crippen molar-refractivity contribution in [1.82, 2.24) is 0 Å². The van der Waals surface area contributed by atoms with Gasteiger partial charge in [0.15, 0.2) is 0 Å². The van der Waals surface area contributed by atoms with E-state index < -0.39 is 10.0 Å². The molecule has 0 aliphatic heterocycles. The zero-order chi connectivity index (χ0) is 21.6. The van der Waals surface area contributed by atoms with Gasteiger partial charge in [0.25, 0.3) is 10.0 Å². The first-order chi connectivity index (χ1) is 14.4. The third kappa shape index (κ3) is 5.62. The summed E-state index contributed by atoms with van der Waals surface area (Å²) >= 11 is 6.02. The Bertz CT molecular complexity index is 1180. The molecule has 0 aliphatic carbocycles. The van der Waals surface area contributed by atoms with Gasteiger partial charge >= 0.3 is 0 Å². The van der Waals surface area contributed by atoms with Gasteiger partial charge in [0.1, 0.15) is 5.75 Å². The average molecular weight is 443 g/mol. The molecule has 0 bridgehead atoms. The molecule has 0 atom stereocenters. The fourth-order valence-corrected chi connectivity index (χ4v) is 3.92. The predicted molar refractivity (Wildman–Crippen MR) is 119 cm³/mol. The van der Waals surface area contributed by atoms with E-state index in [-0.39, 0.29) is 21.5 Å². The smallest absolute Gasteiger partial charge is 0.262 e. The number of amides is 1. The molecule has 0 spiro atoms. The summed E-state index contributed by atoms with van der Waals surface area (Å²) in [5, 5.41) is 2.94. The molecule has 0 aliphatic rings.